The Morgan fingerprint density at radius 1 is 1.40 bits per heavy atom. The van der Waals surface area contributed by atoms with Crippen molar-refractivity contribution in [3.05, 3.63) is 0 Å². The highest BCUT2D eigenvalue weighted by Crippen LogP contribution is 2.09. The average molecular weight is 216 g/mol. The van der Waals surface area contributed by atoms with E-state index < -0.39 is 6.04 Å². The molecule has 4 nitrogen and oxygen atoms in total. The summed E-state index contributed by atoms with van der Waals surface area (Å²) in [6, 6.07) is -0.298. The van der Waals surface area contributed by atoms with Crippen molar-refractivity contribution in [1.82, 2.24) is 4.90 Å². The fourth-order valence-electron chi connectivity index (χ4n) is 1.60. The zero-order valence-corrected chi connectivity index (χ0v) is 10.5. The monoisotopic (exact) mass is 216 g/mol. The fourth-order valence-corrected chi connectivity index (χ4v) is 1.60. The van der Waals surface area contributed by atoms with Crippen LogP contribution < -0.4 is 5.73 Å². The topological polar surface area (TPSA) is 55.6 Å². The van der Waals surface area contributed by atoms with E-state index >= 15 is 0 Å². The number of nitrogens with zero attached hydrogens (tertiary/aromatic N) is 1. The van der Waals surface area contributed by atoms with E-state index in [-0.39, 0.29) is 18.1 Å². The van der Waals surface area contributed by atoms with Gasteiger partial charge in [-0.25, -0.2) is 0 Å². The van der Waals surface area contributed by atoms with Crippen LogP contribution in [0.15, 0.2) is 0 Å². The van der Waals surface area contributed by atoms with Gasteiger partial charge in [0.1, 0.15) is 6.04 Å². The lowest BCUT2D eigenvalue weighted by Gasteiger charge is -2.30. The van der Waals surface area contributed by atoms with Gasteiger partial charge in [0, 0.05) is 20.2 Å². The van der Waals surface area contributed by atoms with Gasteiger partial charge in [-0.1, -0.05) is 13.8 Å². The number of amides is 1. The largest absolute Gasteiger partial charge is 0.380 e. The highest BCUT2D eigenvalue weighted by molar-refractivity contribution is 5.82. The summed E-state index contributed by atoms with van der Waals surface area (Å²) in [7, 11) is 3.37. The van der Waals surface area contributed by atoms with Crippen molar-refractivity contribution in [3.8, 4) is 0 Å². The van der Waals surface area contributed by atoms with E-state index in [2.05, 4.69) is 13.8 Å². The summed E-state index contributed by atoms with van der Waals surface area (Å²) in [4.78, 5) is 13.7. The maximum Gasteiger partial charge on any atom is 0.242 e. The Kier molecular flexibility index (Phi) is 6.52. The molecule has 0 aromatic rings. The minimum atomic E-state index is -0.569. The summed E-state index contributed by atoms with van der Waals surface area (Å²) in [6.07, 6.45) is 1.66. The van der Waals surface area contributed by atoms with Gasteiger partial charge in [0.25, 0.3) is 0 Å². The molecule has 0 saturated carbocycles. The Labute approximate surface area is 92.8 Å². The molecule has 2 N–H and O–H groups in total. The summed E-state index contributed by atoms with van der Waals surface area (Å²) in [5.74, 6) is -0.0435. The van der Waals surface area contributed by atoms with Crippen LogP contribution in [0.2, 0.25) is 0 Å². The Hall–Kier alpha value is -0.610. The number of hydrogen-bond donors (Lipinski definition) is 1. The zero-order chi connectivity index (χ0) is 12.0. The Bertz CT molecular complexity index is 193. The third-order valence-corrected chi connectivity index (χ3v) is 3.00. The Morgan fingerprint density at radius 3 is 2.20 bits per heavy atom. The van der Waals surface area contributed by atoms with Crippen LogP contribution >= 0.6 is 0 Å². The van der Waals surface area contributed by atoms with Crippen LogP contribution in [-0.2, 0) is 9.53 Å². The van der Waals surface area contributed by atoms with Crippen LogP contribution in [-0.4, -0.2) is 43.2 Å². The van der Waals surface area contributed by atoms with Crippen LogP contribution in [0, 0.1) is 0 Å². The quantitative estimate of drug-likeness (QED) is 0.720. The molecule has 2 atom stereocenters. The van der Waals surface area contributed by atoms with Crippen molar-refractivity contribution in [1.29, 1.82) is 0 Å². The molecule has 2 unspecified atom stereocenters. The van der Waals surface area contributed by atoms with Gasteiger partial charge in [-0.15, -0.1) is 0 Å². The molecule has 0 aromatic heterocycles. The number of likely N-dealkylation sites (N-methyl/N-ethyl adjacent to an activating group) is 1. The lowest BCUT2D eigenvalue weighted by atomic mass is 10.1. The molecule has 90 valence electrons. The van der Waals surface area contributed by atoms with Crippen molar-refractivity contribution in [2.75, 3.05) is 14.2 Å². The van der Waals surface area contributed by atoms with Crippen LogP contribution in [0.1, 0.15) is 33.6 Å². The van der Waals surface area contributed by atoms with Crippen LogP contribution in [0.4, 0.5) is 0 Å². The summed E-state index contributed by atoms with van der Waals surface area (Å²) in [5.41, 5.74) is 5.80. The molecule has 0 aliphatic rings. The maximum absolute atomic E-state index is 11.9. The highest BCUT2D eigenvalue weighted by atomic mass is 16.5. The number of methoxy groups -OCH3 is 1. The van der Waals surface area contributed by atoms with Crippen LogP contribution in [0.5, 0.6) is 0 Å². The van der Waals surface area contributed by atoms with E-state index in [1.807, 2.05) is 14.0 Å². The second-order valence-electron chi connectivity index (χ2n) is 3.89. The number of nitrogens with two attached hydrogens (primary N) is 1. The summed E-state index contributed by atoms with van der Waals surface area (Å²) in [5, 5.41) is 0. The van der Waals surface area contributed by atoms with Gasteiger partial charge < -0.3 is 15.4 Å². The first-order valence-electron chi connectivity index (χ1n) is 5.54. The molecule has 4 heteroatoms. The second kappa shape index (κ2) is 6.80. The van der Waals surface area contributed by atoms with Crippen LogP contribution in [0.3, 0.4) is 0 Å². The number of ether oxygens (including phenoxy) is 1. The molecule has 0 spiro atoms. The van der Waals surface area contributed by atoms with Crippen molar-refractivity contribution >= 4 is 5.91 Å². The predicted octanol–water partition coefficient (Wildman–Crippen LogP) is 0.996. The van der Waals surface area contributed by atoms with Gasteiger partial charge in [0.05, 0.1) is 6.10 Å². The first-order valence-corrected chi connectivity index (χ1v) is 5.54. The third-order valence-electron chi connectivity index (χ3n) is 3.00. The predicted molar refractivity (Wildman–Crippen MR) is 61.6 cm³/mol. The maximum atomic E-state index is 11.9. The molecule has 1 amide bonds. The fraction of sp³-hybridized carbons (Fsp3) is 0.909. The van der Waals surface area contributed by atoms with E-state index in [0.717, 1.165) is 12.8 Å². The Balaban J connectivity index is 4.42. The first kappa shape index (κ1) is 14.4. The van der Waals surface area contributed by atoms with E-state index in [1.54, 1.807) is 12.0 Å². The molecule has 0 radical (unpaired) electrons. The number of rotatable bonds is 6. The van der Waals surface area contributed by atoms with E-state index in [0.29, 0.717) is 0 Å². The van der Waals surface area contributed by atoms with Crippen molar-refractivity contribution in [2.45, 2.75) is 51.8 Å². The molecule has 0 aliphatic carbocycles. The molecule has 0 heterocycles. The smallest absolute Gasteiger partial charge is 0.242 e. The van der Waals surface area contributed by atoms with Gasteiger partial charge in [-0.2, -0.15) is 0 Å². The minimum absolute atomic E-state index is 0.0435. The van der Waals surface area contributed by atoms with Crippen LogP contribution in [0.25, 0.3) is 0 Å². The van der Waals surface area contributed by atoms with E-state index in [4.69, 9.17) is 10.5 Å². The first-order chi connectivity index (χ1) is 6.99. The van der Waals surface area contributed by atoms with E-state index in [9.17, 15) is 4.79 Å². The third kappa shape index (κ3) is 3.80. The number of carbonyl (C=O) groups is 1. The standard InChI is InChI=1S/C11H24N2O2/c1-6-9(7-2)13(4)11(14)10(12)8(3)15-5/h8-10H,6-7,12H2,1-5H3. The molecule has 0 bridgehead atoms. The molecule has 0 fully saturated rings. The zero-order valence-electron chi connectivity index (χ0n) is 10.5. The normalized spacial score (nSPS) is 15.1. The minimum Gasteiger partial charge on any atom is -0.380 e. The van der Waals surface area contributed by atoms with Gasteiger partial charge in [0.2, 0.25) is 5.91 Å². The summed E-state index contributed by atoms with van der Waals surface area (Å²) >= 11 is 0. The van der Waals surface area contributed by atoms with Crippen molar-refractivity contribution in [3.63, 3.8) is 0 Å². The SMILES string of the molecule is CCC(CC)N(C)C(=O)C(N)C(C)OC. The van der Waals surface area contributed by atoms with Gasteiger partial charge in [0.15, 0.2) is 0 Å². The molecule has 0 aromatic carbocycles. The van der Waals surface area contributed by atoms with E-state index in [1.165, 1.54) is 0 Å². The molecular formula is C11H24N2O2. The molecule has 0 rings (SSSR count). The number of hydrogen-bond acceptors (Lipinski definition) is 3. The average Bonchev–Trinajstić information content (AvgIpc) is 2.27. The molecule has 0 saturated heterocycles. The highest BCUT2D eigenvalue weighted by Gasteiger charge is 2.26. The summed E-state index contributed by atoms with van der Waals surface area (Å²) in [6.45, 7) is 5.95. The number of carbonyl (C=O) groups excluding carboxylic acids is 1. The lowest BCUT2D eigenvalue weighted by Crippen LogP contribution is -2.51. The second-order valence-corrected chi connectivity index (χ2v) is 3.89. The van der Waals surface area contributed by atoms with Crippen molar-refractivity contribution < 1.29 is 9.53 Å². The molecular weight excluding hydrogens is 192 g/mol. The van der Waals surface area contributed by atoms with Crippen molar-refractivity contribution in [2.24, 2.45) is 5.73 Å². The molecule has 15 heavy (non-hydrogen) atoms. The summed E-state index contributed by atoms with van der Waals surface area (Å²) < 4.78 is 5.06. The van der Waals surface area contributed by atoms with Gasteiger partial charge in [-0.05, 0) is 19.8 Å². The lowest BCUT2D eigenvalue weighted by molar-refractivity contribution is -0.136. The Morgan fingerprint density at radius 2 is 1.87 bits per heavy atom. The van der Waals surface area contributed by atoms with Gasteiger partial charge in [-0.3, -0.25) is 4.79 Å². The molecule has 0 aliphatic heterocycles. The van der Waals surface area contributed by atoms with Gasteiger partial charge >= 0.3 is 0 Å².